The van der Waals surface area contributed by atoms with Gasteiger partial charge in [0.25, 0.3) is 0 Å². The highest BCUT2D eigenvalue weighted by Gasteiger charge is 2.29. The highest BCUT2D eigenvalue weighted by Crippen LogP contribution is 2.42. The fraction of sp³-hybridized carbons (Fsp3) is 0.846. The van der Waals surface area contributed by atoms with Crippen molar-refractivity contribution in [2.75, 3.05) is 0 Å². The maximum atomic E-state index is 4.20. The summed E-state index contributed by atoms with van der Waals surface area (Å²) >= 11 is 0. The van der Waals surface area contributed by atoms with Crippen LogP contribution >= 0.6 is 0 Å². The molecule has 0 aliphatic heterocycles. The number of hydrogen-bond acceptors (Lipinski definition) is 0. The van der Waals surface area contributed by atoms with E-state index in [4.69, 9.17) is 0 Å². The molecule has 0 bridgehead atoms. The summed E-state index contributed by atoms with van der Waals surface area (Å²) in [5.74, 6) is 1.96. The SMILES string of the molecule is C=C1CCCC2CCCCC12.CC. The predicted molar refractivity (Wildman–Crippen MR) is 59.8 cm³/mol. The zero-order valence-corrected chi connectivity index (χ0v) is 9.31. The lowest BCUT2D eigenvalue weighted by Gasteiger charge is -2.37. The van der Waals surface area contributed by atoms with Gasteiger partial charge in [0.2, 0.25) is 0 Å². The Balaban J connectivity index is 0.000000396. The van der Waals surface area contributed by atoms with Crippen molar-refractivity contribution in [3.63, 3.8) is 0 Å². The summed E-state index contributed by atoms with van der Waals surface area (Å²) < 4.78 is 0. The average molecular weight is 180 g/mol. The summed E-state index contributed by atoms with van der Waals surface area (Å²) in [6.45, 7) is 8.20. The quantitative estimate of drug-likeness (QED) is 0.479. The molecule has 0 saturated heterocycles. The van der Waals surface area contributed by atoms with Crippen LogP contribution in [0, 0.1) is 11.8 Å². The molecule has 13 heavy (non-hydrogen) atoms. The molecule has 2 aliphatic rings. The summed E-state index contributed by atoms with van der Waals surface area (Å²) in [6.07, 6.45) is 10.1. The number of fused-ring (bicyclic) bond motifs is 1. The zero-order chi connectivity index (χ0) is 9.68. The maximum Gasteiger partial charge on any atom is -0.0178 e. The molecule has 2 rings (SSSR count). The Bertz CT molecular complexity index is 155. The van der Waals surface area contributed by atoms with Crippen LogP contribution in [0.4, 0.5) is 0 Å². The highest BCUT2D eigenvalue weighted by atomic mass is 14.3. The molecular formula is C13H24. The first-order valence-electron chi connectivity index (χ1n) is 6.05. The van der Waals surface area contributed by atoms with Gasteiger partial charge in [-0.05, 0) is 43.9 Å². The van der Waals surface area contributed by atoms with Crippen molar-refractivity contribution in [2.45, 2.75) is 58.8 Å². The summed E-state index contributed by atoms with van der Waals surface area (Å²) in [6, 6.07) is 0. The molecule has 76 valence electrons. The average Bonchev–Trinajstić information content (AvgIpc) is 2.22. The number of hydrogen-bond donors (Lipinski definition) is 0. The van der Waals surface area contributed by atoms with E-state index in [2.05, 4.69) is 6.58 Å². The van der Waals surface area contributed by atoms with Gasteiger partial charge in [-0.3, -0.25) is 0 Å². The van der Waals surface area contributed by atoms with Gasteiger partial charge in [-0.15, -0.1) is 0 Å². The van der Waals surface area contributed by atoms with Crippen molar-refractivity contribution >= 4 is 0 Å². The van der Waals surface area contributed by atoms with Crippen LogP contribution in [-0.4, -0.2) is 0 Å². The van der Waals surface area contributed by atoms with Crippen LogP contribution in [0.1, 0.15) is 58.8 Å². The second-order valence-electron chi connectivity index (χ2n) is 4.20. The van der Waals surface area contributed by atoms with Crippen molar-refractivity contribution in [3.8, 4) is 0 Å². The van der Waals surface area contributed by atoms with E-state index in [1.807, 2.05) is 13.8 Å². The number of rotatable bonds is 0. The summed E-state index contributed by atoms with van der Waals surface area (Å²) in [4.78, 5) is 0. The van der Waals surface area contributed by atoms with E-state index in [1.165, 1.54) is 44.9 Å². The van der Waals surface area contributed by atoms with Gasteiger partial charge in [0.1, 0.15) is 0 Å². The van der Waals surface area contributed by atoms with Crippen LogP contribution in [0.5, 0.6) is 0 Å². The normalized spacial score (nSPS) is 32.9. The van der Waals surface area contributed by atoms with Crippen LogP contribution in [0.25, 0.3) is 0 Å². The molecule has 2 atom stereocenters. The molecule has 0 aromatic carbocycles. The first-order valence-corrected chi connectivity index (χ1v) is 6.05. The highest BCUT2D eigenvalue weighted by molar-refractivity contribution is 5.07. The van der Waals surface area contributed by atoms with Crippen LogP contribution in [0.2, 0.25) is 0 Å². The largest absolute Gasteiger partial charge is 0.0996 e. The third kappa shape index (κ3) is 2.59. The fourth-order valence-electron chi connectivity index (χ4n) is 2.87. The van der Waals surface area contributed by atoms with Gasteiger partial charge in [-0.2, -0.15) is 0 Å². The standard InChI is InChI=1S/C11H18.C2H6/c1-9-5-4-7-10-6-2-3-8-11(9)10;1-2/h10-11H,1-8H2;1-2H3. The second-order valence-corrected chi connectivity index (χ2v) is 4.20. The number of allylic oxidation sites excluding steroid dienone is 1. The van der Waals surface area contributed by atoms with E-state index >= 15 is 0 Å². The molecule has 0 nitrogen and oxygen atoms in total. The zero-order valence-electron chi connectivity index (χ0n) is 9.31. The molecule has 0 heteroatoms. The minimum atomic E-state index is 0.928. The molecule has 0 N–H and O–H groups in total. The first kappa shape index (κ1) is 10.8. The van der Waals surface area contributed by atoms with Gasteiger partial charge in [-0.1, -0.05) is 38.8 Å². The smallest absolute Gasteiger partial charge is 0.0178 e. The lowest BCUT2D eigenvalue weighted by atomic mass is 9.69. The molecule has 0 aromatic rings. The van der Waals surface area contributed by atoms with Crippen LogP contribution < -0.4 is 0 Å². The molecule has 2 fully saturated rings. The summed E-state index contributed by atoms with van der Waals surface area (Å²) in [5, 5.41) is 0. The van der Waals surface area contributed by atoms with Crippen molar-refractivity contribution in [1.82, 2.24) is 0 Å². The molecule has 0 spiro atoms. The van der Waals surface area contributed by atoms with E-state index in [1.54, 1.807) is 5.57 Å². The molecule has 2 saturated carbocycles. The Kier molecular flexibility index (Phi) is 4.55. The van der Waals surface area contributed by atoms with E-state index < -0.39 is 0 Å². The van der Waals surface area contributed by atoms with Gasteiger partial charge < -0.3 is 0 Å². The fourth-order valence-corrected chi connectivity index (χ4v) is 2.87. The maximum absolute atomic E-state index is 4.20. The third-order valence-corrected chi connectivity index (χ3v) is 3.51. The Hall–Kier alpha value is -0.260. The Morgan fingerprint density at radius 3 is 2.31 bits per heavy atom. The van der Waals surface area contributed by atoms with Gasteiger partial charge in [0, 0.05) is 0 Å². The molecule has 2 aliphatic carbocycles. The molecule has 0 heterocycles. The van der Waals surface area contributed by atoms with Crippen molar-refractivity contribution in [1.29, 1.82) is 0 Å². The topological polar surface area (TPSA) is 0 Å². The van der Waals surface area contributed by atoms with Gasteiger partial charge in [0.05, 0.1) is 0 Å². The Morgan fingerprint density at radius 2 is 1.62 bits per heavy atom. The Labute approximate surface area is 83.4 Å². The van der Waals surface area contributed by atoms with Crippen molar-refractivity contribution < 1.29 is 0 Å². The van der Waals surface area contributed by atoms with Crippen LogP contribution in [0.3, 0.4) is 0 Å². The molecule has 0 amide bonds. The van der Waals surface area contributed by atoms with Crippen molar-refractivity contribution in [3.05, 3.63) is 12.2 Å². The third-order valence-electron chi connectivity index (χ3n) is 3.51. The van der Waals surface area contributed by atoms with E-state index in [0.29, 0.717) is 0 Å². The van der Waals surface area contributed by atoms with E-state index in [9.17, 15) is 0 Å². The van der Waals surface area contributed by atoms with Gasteiger partial charge >= 0.3 is 0 Å². The van der Waals surface area contributed by atoms with Gasteiger partial charge in [-0.25, -0.2) is 0 Å². The van der Waals surface area contributed by atoms with Crippen molar-refractivity contribution in [2.24, 2.45) is 11.8 Å². The van der Waals surface area contributed by atoms with Crippen LogP contribution in [-0.2, 0) is 0 Å². The van der Waals surface area contributed by atoms with E-state index in [0.717, 1.165) is 11.8 Å². The lowest BCUT2D eigenvalue weighted by Crippen LogP contribution is -2.24. The monoisotopic (exact) mass is 180 g/mol. The van der Waals surface area contributed by atoms with Crippen LogP contribution in [0.15, 0.2) is 12.2 Å². The Morgan fingerprint density at radius 1 is 1.00 bits per heavy atom. The van der Waals surface area contributed by atoms with E-state index in [-0.39, 0.29) is 0 Å². The second kappa shape index (κ2) is 5.47. The molecule has 2 unspecified atom stereocenters. The molecular weight excluding hydrogens is 156 g/mol. The minimum absolute atomic E-state index is 0.928. The lowest BCUT2D eigenvalue weighted by molar-refractivity contribution is 0.224. The van der Waals surface area contributed by atoms with Gasteiger partial charge in [0.15, 0.2) is 0 Å². The first-order chi connectivity index (χ1) is 6.38. The molecule has 0 aromatic heterocycles. The summed E-state index contributed by atoms with van der Waals surface area (Å²) in [7, 11) is 0. The minimum Gasteiger partial charge on any atom is -0.0996 e. The predicted octanol–water partition coefficient (Wildman–Crippen LogP) is 4.56. The summed E-state index contributed by atoms with van der Waals surface area (Å²) in [5.41, 5.74) is 1.57. The molecule has 0 radical (unpaired) electrons.